The van der Waals surface area contributed by atoms with E-state index in [0.717, 1.165) is 57.8 Å². The van der Waals surface area contributed by atoms with Crippen molar-refractivity contribution < 1.29 is 24.5 Å². The molecule has 6 heteroatoms. The molecule has 6 nitrogen and oxygen atoms in total. The van der Waals surface area contributed by atoms with Gasteiger partial charge in [0, 0.05) is 6.42 Å². The van der Waals surface area contributed by atoms with Gasteiger partial charge in [-0.25, -0.2) is 0 Å². The predicted octanol–water partition coefficient (Wildman–Crippen LogP) is 19.0. The molecule has 0 aromatic rings. The van der Waals surface area contributed by atoms with Crippen molar-refractivity contribution in [1.29, 1.82) is 0 Å². The molecule has 68 heavy (non-hydrogen) atoms. The van der Waals surface area contributed by atoms with E-state index >= 15 is 0 Å². The number of hydrogen-bond donors (Lipinski definition) is 3. The molecule has 0 saturated carbocycles. The van der Waals surface area contributed by atoms with Crippen LogP contribution in [0.25, 0.3) is 0 Å². The lowest BCUT2D eigenvalue weighted by molar-refractivity contribution is -0.151. The Morgan fingerprint density at radius 1 is 0.412 bits per heavy atom. The average Bonchev–Trinajstić information content (AvgIpc) is 3.33. The van der Waals surface area contributed by atoms with Crippen LogP contribution in [0.5, 0.6) is 0 Å². The fourth-order valence-electron chi connectivity index (χ4n) is 9.60. The minimum absolute atomic E-state index is 0.0713. The Balaban J connectivity index is 4.49. The molecule has 0 fully saturated rings. The Kier molecular flexibility index (Phi) is 54.9. The van der Waals surface area contributed by atoms with Gasteiger partial charge in [0.1, 0.15) is 6.10 Å². The third kappa shape index (κ3) is 50.7. The van der Waals surface area contributed by atoms with Gasteiger partial charge in [-0.05, 0) is 77.0 Å². The van der Waals surface area contributed by atoms with Crippen LogP contribution in [-0.2, 0) is 14.3 Å². The molecule has 0 aliphatic heterocycles. The Hall–Kier alpha value is -1.66. The van der Waals surface area contributed by atoms with E-state index < -0.39 is 18.2 Å². The van der Waals surface area contributed by atoms with Crippen LogP contribution in [0.2, 0.25) is 0 Å². The first-order valence-corrected chi connectivity index (χ1v) is 30.6. The van der Waals surface area contributed by atoms with Crippen molar-refractivity contribution in [2.75, 3.05) is 6.61 Å². The second kappa shape index (κ2) is 56.3. The molecular weight excluding hydrogens is 839 g/mol. The quantitative estimate of drug-likeness (QED) is 0.0321. The van der Waals surface area contributed by atoms with Crippen LogP contribution in [-0.4, -0.2) is 46.9 Å². The molecule has 0 aliphatic carbocycles. The van der Waals surface area contributed by atoms with E-state index in [1.54, 1.807) is 0 Å². The van der Waals surface area contributed by atoms with Crippen LogP contribution in [0.15, 0.2) is 24.3 Å². The molecular formula is C62H119NO5. The van der Waals surface area contributed by atoms with E-state index in [4.69, 9.17) is 4.74 Å². The smallest absolute Gasteiger partial charge is 0.306 e. The standard InChI is InChI=1S/C62H119NO5/c1-4-7-10-13-16-19-22-25-28-30-31-32-34-37-40-43-46-49-52-55-62(67)68-58(53-50-47-44-41-38-35-27-24-21-18-15-12-9-6-3)56-61(66)63-59(57-64)60(65)54-51-48-45-42-39-36-33-29-26-23-20-17-14-11-8-5-2/h25,28,35,38,58-60,64-65H,4-24,26-27,29-34,36-37,39-57H2,1-3H3,(H,63,66)/b28-25+,38-35+. The van der Waals surface area contributed by atoms with Gasteiger partial charge in [0.25, 0.3) is 0 Å². The summed E-state index contributed by atoms with van der Waals surface area (Å²) < 4.78 is 5.97. The van der Waals surface area contributed by atoms with E-state index in [1.807, 2.05) is 0 Å². The largest absolute Gasteiger partial charge is 0.462 e. The summed E-state index contributed by atoms with van der Waals surface area (Å²) in [6.45, 7) is 6.52. The number of carbonyl (C=O) groups is 2. The molecule has 0 rings (SSSR count). The van der Waals surface area contributed by atoms with Crippen LogP contribution in [0, 0.1) is 0 Å². The van der Waals surface area contributed by atoms with E-state index in [9.17, 15) is 19.8 Å². The molecule has 0 radical (unpaired) electrons. The molecule has 0 aromatic carbocycles. The first-order valence-electron chi connectivity index (χ1n) is 30.6. The van der Waals surface area contributed by atoms with Crippen molar-refractivity contribution in [2.45, 2.75) is 354 Å². The van der Waals surface area contributed by atoms with Gasteiger partial charge in [-0.3, -0.25) is 9.59 Å². The number of amides is 1. The molecule has 3 atom stereocenters. The van der Waals surface area contributed by atoms with Gasteiger partial charge < -0.3 is 20.3 Å². The van der Waals surface area contributed by atoms with Crippen molar-refractivity contribution >= 4 is 11.9 Å². The van der Waals surface area contributed by atoms with Gasteiger partial charge in [-0.1, -0.05) is 270 Å². The fourth-order valence-corrected chi connectivity index (χ4v) is 9.60. The van der Waals surface area contributed by atoms with Crippen LogP contribution in [0.3, 0.4) is 0 Å². The van der Waals surface area contributed by atoms with Gasteiger partial charge in [0.15, 0.2) is 0 Å². The lowest BCUT2D eigenvalue weighted by atomic mass is 10.0. The zero-order valence-electron chi connectivity index (χ0n) is 46.0. The van der Waals surface area contributed by atoms with Crippen LogP contribution < -0.4 is 5.32 Å². The number of nitrogens with one attached hydrogen (secondary N) is 1. The third-order valence-corrected chi connectivity index (χ3v) is 14.3. The molecule has 402 valence electrons. The molecule has 0 heterocycles. The second-order valence-electron chi connectivity index (χ2n) is 21.1. The maximum Gasteiger partial charge on any atom is 0.306 e. The number of carbonyl (C=O) groups excluding carboxylic acids is 2. The Morgan fingerprint density at radius 3 is 1.06 bits per heavy atom. The molecule has 1 amide bonds. The fraction of sp³-hybridized carbons (Fsp3) is 0.903. The summed E-state index contributed by atoms with van der Waals surface area (Å²) in [5.74, 6) is -0.472. The molecule has 0 aromatic heterocycles. The van der Waals surface area contributed by atoms with Gasteiger partial charge in [0.2, 0.25) is 5.91 Å². The SMILES string of the molecule is CCCCCCCC/C=C/CCCCCCCCCCCC(=O)OC(CCCCC/C=C/CCCCCCCCC)CC(=O)NC(CO)C(O)CCCCCCCCCCCCCCCCCC. The maximum absolute atomic E-state index is 13.3. The summed E-state index contributed by atoms with van der Waals surface area (Å²) in [5, 5.41) is 23.9. The average molecular weight is 959 g/mol. The summed E-state index contributed by atoms with van der Waals surface area (Å²) in [6.07, 6.45) is 66.8. The van der Waals surface area contributed by atoms with Crippen molar-refractivity contribution in [3.05, 3.63) is 24.3 Å². The molecule has 3 unspecified atom stereocenters. The number of allylic oxidation sites excluding steroid dienone is 4. The van der Waals surface area contributed by atoms with E-state index in [2.05, 4.69) is 50.4 Å². The van der Waals surface area contributed by atoms with Crippen molar-refractivity contribution in [3.63, 3.8) is 0 Å². The first kappa shape index (κ1) is 66.3. The number of ether oxygens (including phenoxy) is 1. The van der Waals surface area contributed by atoms with E-state index in [-0.39, 0.29) is 24.9 Å². The zero-order valence-corrected chi connectivity index (χ0v) is 46.0. The minimum atomic E-state index is -0.790. The van der Waals surface area contributed by atoms with Crippen LogP contribution in [0.1, 0.15) is 335 Å². The lowest BCUT2D eigenvalue weighted by Crippen LogP contribution is -2.46. The molecule has 0 bridgehead atoms. The Morgan fingerprint density at radius 2 is 0.706 bits per heavy atom. The summed E-state index contributed by atoms with van der Waals surface area (Å²) in [5.41, 5.74) is 0. The highest BCUT2D eigenvalue weighted by atomic mass is 16.5. The molecule has 0 saturated heterocycles. The Bertz CT molecular complexity index is 1080. The van der Waals surface area contributed by atoms with Gasteiger partial charge in [0.05, 0.1) is 25.2 Å². The summed E-state index contributed by atoms with van der Waals surface area (Å²) in [7, 11) is 0. The summed E-state index contributed by atoms with van der Waals surface area (Å²) >= 11 is 0. The van der Waals surface area contributed by atoms with Crippen LogP contribution >= 0.6 is 0 Å². The van der Waals surface area contributed by atoms with Crippen molar-refractivity contribution in [2.24, 2.45) is 0 Å². The van der Waals surface area contributed by atoms with Crippen LogP contribution in [0.4, 0.5) is 0 Å². The van der Waals surface area contributed by atoms with Gasteiger partial charge in [-0.15, -0.1) is 0 Å². The highest BCUT2D eigenvalue weighted by molar-refractivity contribution is 5.77. The first-order chi connectivity index (χ1) is 33.5. The minimum Gasteiger partial charge on any atom is -0.462 e. The lowest BCUT2D eigenvalue weighted by Gasteiger charge is -2.24. The highest BCUT2D eigenvalue weighted by Crippen LogP contribution is 2.19. The zero-order chi connectivity index (χ0) is 49.5. The monoisotopic (exact) mass is 958 g/mol. The second-order valence-corrected chi connectivity index (χ2v) is 21.1. The van der Waals surface area contributed by atoms with Crippen molar-refractivity contribution in [1.82, 2.24) is 5.32 Å². The molecule has 0 spiro atoms. The maximum atomic E-state index is 13.3. The van der Waals surface area contributed by atoms with Gasteiger partial charge >= 0.3 is 5.97 Å². The van der Waals surface area contributed by atoms with E-state index in [1.165, 1.54) is 231 Å². The van der Waals surface area contributed by atoms with E-state index in [0.29, 0.717) is 19.3 Å². The number of hydrogen-bond acceptors (Lipinski definition) is 5. The predicted molar refractivity (Wildman–Crippen MR) is 296 cm³/mol. The normalized spacial score (nSPS) is 13.2. The summed E-state index contributed by atoms with van der Waals surface area (Å²) in [4.78, 5) is 26.3. The number of unbranched alkanes of at least 4 members (excludes halogenated alkanes) is 40. The van der Waals surface area contributed by atoms with Crippen molar-refractivity contribution in [3.8, 4) is 0 Å². The Labute approximate surface area is 424 Å². The van der Waals surface area contributed by atoms with Gasteiger partial charge in [-0.2, -0.15) is 0 Å². The number of aliphatic hydroxyl groups is 2. The summed E-state index contributed by atoms with van der Waals surface area (Å²) in [6, 6.07) is -0.704. The number of rotatable bonds is 56. The highest BCUT2D eigenvalue weighted by Gasteiger charge is 2.24. The third-order valence-electron chi connectivity index (χ3n) is 14.3. The molecule has 3 N–H and O–H groups in total. The number of esters is 1. The number of aliphatic hydroxyl groups excluding tert-OH is 2. The topological polar surface area (TPSA) is 95.9 Å². The molecule has 0 aliphatic rings.